The Labute approximate surface area is 520 Å². The first-order valence-electron chi connectivity index (χ1n) is 38.2. The van der Waals surface area contributed by atoms with Gasteiger partial charge in [-0.1, -0.05) is 392 Å². The summed E-state index contributed by atoms with van der Waals surface area (Å²) in [6, 6.07) is 0. The zero-order valence-corrected chi connectivity index (χ0v) is 56.8. The lowest BCUT2D eigenvalue weighted by Crippen LogP contribution is -2.30. The molecule has 0 aromatic rings. The van der Waals surface area contributed by atoms with Crippen LogP contribution in [0.4, 0.5) is 0 Å². The molecule has 0 aliphatic rings. The molecule has 0 aromatic heterocycles. The van der Waals surface area contributed by atoms with Crippen molar-refractivity contribution in [1.82, 2.24) is 0 Å². The van der Waals surface area contributed by atoms with E-state index in [1.165, 1.54) is 347 Å². The summed E-state index contributed by atoms with van der Waals surface area (Å²) in [5, 5.41) is 0. The average molecular weight is 1170 g/mol. The molecule has 0 aliphatic heterocycles. The van der Waals surface area contributed by atoms with E-state index in [2.05, 4.69) is 32.9 Å². The van der Waals surface area contributed by atoms with Crippen LogP contribution in [0.2, 0.25) is 0 Å². The van der Waals surface area contributed by atoms with Crippen molar-refractivity contribution in [1.29, 1.82) is 0 Å². The van der Waals surface area contributed by atoms with E-state index in [4.69, 9.17) is 14.2 Å². The van der Waals surface area contributed by atoms with Gasteiger partial charge in [0.1, 0.15) is 13.2 Å². The van der Waals surface area contributed by atoms with Crippen molar-refractivity contribution < 1.29 is 28.6 Å². The van der Waals surface area contributed by atoms with Gasteiger partial charge in [-0.3, -0.25) is 14.4 Å². The zero-order chi connectivity index (χ0) is 59.9. The summed E-state index contributed by atoms with van der Waals surface area (Å²) in [5.74, 6) is -0.827. The summed E-state index contributed by atoms with van der Waals surface area (Å²) in [6.07, 6.45) is 88.5. The highest BCUT2D eigenvalue weighted by molar-refractivity contribution is 5.71. The molecule has 492 valence electrons. The fourth-order valence-electron chi connectivity index (χ4n) is 12.0. The number of hydrogen-bond acceptors (Lipinski definition) is 6. The Morgan fingerprint density at radius 3 is 0.602 bits per heavy atom. The van der Waals surface area contributed by atoms with E-state index in [1.54, 1.807) is 0 Å². The minimum Gasteiger partial charge on any atom is -0.462 e. The van der Waals surface area contributed by atoms with Crippen LogP contribution in [-0.4, -0.2) is 37.2 Å². The van der Waals surface area contributed by atoms with E-state index in [9.17, 15) is 14.4 Å². The van der Waals surface area contributed by atoms with Crippen LogP contribution in [0.15, 0.2) is 12.2 Å². The standard InChI is InChI=1S/C77H148O6/c1-4-7-10-13-16-19-22-24-26-28-30-32-34-36-38-40-41-43-45-47-49-51-53-55-58-61-64-67-70-76(79)82-73-74(72-81-75(78)69-66-63-60-57-21-18-15-12-9-6-3)83-77(80)71-68-65-62-59-56-54-52-50-48-46-44-42-39-37-35-33-31-29-27-25-23-20-17-14-11-8-5-2/h29,31,74H,4-28,30,32-73H2,1-3H3/b31-29-. The quantitative estimate of drug-likeness (QED) is 0.0261. The van der Waals surface area contributed by atoms with Crippen molar-refractivity contribution in [2.45, 2.75) is 451 Å². The molecular weight excluding hydrogens is 1020 g/mol. The van der Waals surface area contributed by atoms with Gasteiger partial charge in [-0.2, -0.15) is 0 Å². The Balaban J connectivity index is 4.07. The summed E-state index contributed by atoms with van der Waals surface area (Å²) < 4.78 is 17.0. The minimum atomic E-state index is -0.765. The second kappa shape index (κ2) is 72.6. The molecule has 6 nitrogen and oxygen atoms in total. The third-order valence-electron chi connectivity index (χ3n) is 17.8. The molecule has 0 amide bonds. The summed E-state index contributed by atoms with van der Waals surface area (Å²) in [5.41, 5.74) is 0. The summed E-state index contributed by atoms with van der Waals surface area (Å²) >= 11 is 0. The van der Waals surface area contributed by atoms with E-state index < -0.39 is 6.10 Å². The monoisotopic (exact) mass is 1170 g/mol. The van der Waals surface area contributed by atoms with Crippen LogP contribution in [0.5, 0.6) is 0 Å². The third-order valence-corrected chi connectivity index (χ3v) is 17.8. The maximum atomic E-state index is 13.0. The van der Waals surface area contributed by atoms with Crippen molar-refractivity contribution in [2.75, 3.05) is 13.2 Å². The molecule has 0 saturated heterocycles. The van der Waals surface area contributed by atoms with E-state index in [0.29, 0.717) is 19.3 Å². The first-order chi connectivity index (χ1) is 41.0. The molecule has 1 unspecified atom stereocenters. The Hall–Kier alpha value is -1.85. The zero-order valence-electron chi connectivity index (χ0n) is 56.8. The largest absolute Gasteiger partial charge is 0.462 e. The molecule has 0 rings (SSSR count). The lowest BCUT2D eigenvalue weighted by Gasteiger charge is -2.18. The topological polar surface area (TPSA) is 78.9 Å². The van der Waals surface area contributed by atoms with Crippen molar-refractivity contribution in [2.24, 2.45) is 0 Å². The summed E-state index contributed by atoms with van der Waals surface area (Å²) in [4.78, 5) is 38.4. The molecule has 0 aliphatic carbocycles. The Morgan fingerprint density at radius 2 is 0.398 bits per heavy atom. The van der Waals surface area contributed by atoms with Crippen LogP contribution in [0, 0.1) is 0 Å². The number of rotatable bonds is 72. The lowest BCUT2D eigenvalue weighted by atomic mass is 10.0. The molecule has 1 atom stereocenters. The smallest absolute Gasteiger partial charge is 0.306 e. The predicted octanol–water partition coefficient (Wildman–Crippen LogP) is 26.3. The highest BCUT2D eigenvalue weighted by atomic mass is 16.6. The van der Waals surface area contributed by atoms with E-state index in [-0.39, 0.29) is 31.1 Å². The highest BCUT2D eigenvalue weighted by Crippen LogP contribution is 2.20. The maximum Gasteiger partial charge on any atom is 0.306 e. The first-order valence-corrected chi connectivity index (χ1v) is 38.2. The number of unbranched alkanes of at least 4 members (excludes halogenated alkanes) is 59. The minimum absolute atomic E-state index is 0.0623. The van der Waals surface area contributed by atoms with Gasteiger partial charge in [0, 0.05) is 19.3 Å². The number of carbonyl (C=O) groups is 3. The molecule has 6 heteroatoms. The van der Waals surface area contributed by atoms with Gasteiger partial charge in [0.15, 0.2) is 6.10 Å². The second-order valence-electron chi connectivity index (χ2n) is 26.3. The van der Waals surface area contributed by atoms with E-state index in [1.807, 2.05) is 0 Å². The van der Waals surface area contributed by atoms with Gasteiger partial charge in [0.2, 0.25) is 0 Å². The van der Waals surface area contributed by atoms with Gasteiger partial charge >= 0.3 is 17.9 Å². The van der Waals surface area contributed by atoms with Crippen LogP contribution < -0.4 is 0 Å². The molecule has 0 saturated carbocycles. The fraction of sp³-hybridized carbons (Fsp3) is 0.935. The van der Waals surface area contributed by atoms with Gasteiger partial charge in [-0.25, -0.2) is 0 Å². The molecule has 0 bridgehead atoms. The van der Waals surface area contributed by atoms with Crippen LogP contribution in [0.1, 0.15) is 445 Å². The first kappa shape index (κ1) is 81.2. The van der Waals surface area contributed by atoms with Gasteiger partial charge in [-0.15, -0.1) is 0 Å². The van der Waals surface area contributed by atoms with Gasteiger partial charge in [0.25, 0.3) is 0 Å². The van der Waals surface area contributed by atoms with Crippen LogP contribution in [-0.2, 0) is 28.6 Å². The van der Waals surface area contributed by atoms with Crippen LogP contribution >= 0.6 is 0 Å². The molecule has 0 radical (unpaired) electrons. The molecule has 0 aromatic carbocycles. The third kappa shape index (κ3) is 70.8. The van der Waals surface area contributed by atoms with Crippen molar-refractivity contribution in [3.8, 4) is 0 Å². The highest BCUT2D eigenvalue weighted by Gasteiger charge is 2.20. The van der Waals surface area contributed by atoms with Crippen molar-refractivity contribution in [3.05, 3.63) is 12.2 Å². The maximum absolute atomic E-state index is 13.0. The number of esters is 3. The predicted molar refractivity (Wildman–Crippen MR) is 363 cm³/mol. The molecule has 0 heterocycles. The second-order valence-corrected chi connectivity index (χ2v) is 26.3. The number of ether oxygens (including phenoxy) is 3. The van der Waals surface area contributed by atoms with Crippen molar-refractivity contribution in [3.63, 3.8) is 0 Å². The Bertz CT molecular complexity index is 1300. The number of hydrogen-bond donors (Lipinski definition) is 0. The SMILES string of the molecule is CCCCCCCCCC/C=C\CCCCCCCCCCCCCCCCCC(=O)OC(COC(=O)CCCCCCCCCCCC)COC(=O)CCCCCCCCCCCCCCCCCCCCCCCCCCCCCC. The molecule has 0 fully saturated rings. The van der Waals surface area contributed by atoms with Crippen LogP contribution in [0.3, 0.4) is 0 Å². The normalized spacial score (nSPS) is 12.0. The molecular formula is C77H148O6. The Morgan fingerprint density at radius 1 is 0.229 bits per heavy atom. The summed E-state index contributed by atoms with van der Waals surface area (Å²) in [7, 11) is 0. The average Bonchev–Trinajstić information content (AvgIpc) is 3.48. The fourth-order valence-corrected chi connectivity index (χ4v) is 12.0. The van der Waals surface area contributed by atoms with Gasteiger partial charge < -0.3 is 14.2 Å². The molecule has 0 N–H and O–H groups in total. The van der Waals surface area contributed by atoms with Gasteiger partial charge in [0.05, 0.1) is 0 Å². The lowest BCUT2D eigenvalue weighted by molar-refractivity contribution is -0.167. The van der Waals surface area contributed by atoms with E-state index >= 15 is 0 Å². The van der Waals surface area contributed by atoms with Gasteiger partial charge in [-0.05, 0) is 44.9 Å². The molecule has 0 spiro atoms. The van der Waals surface area contributed by atoms with Crippen molar-refractivity contribution >= 4 is 17.9 Å². The number of allylic oxidation sites excluding steroid dienone is 2. The molecule has 83 heavy (non-hydrogen) atoms. The van der Waals surface area contributed by atoms with E-state index in [0.717, 1.165) is 57.8 Å². The van der Waals surface area contributed by atoms with Crippen LogP contribution in [0.25, 0.3) is 0 Å². The summed E-state index contributed by atoms with van der Waals surface area (Å²) in [6.45, 7) is 6.72. The Kier molecular flexibility index (Phi) is 71.0. The number of carbonyl (C=O) groups excluding carboxylic acids is 3.